The molecule has 2 aromatic carbocycles. The second-order valence-electron chi connectivity index (χ2n) is 5.64. The largest absolute Gasteiger partial charge is 0.217 e. The minimum Gasteiger partial charge on any atom is -0.166 e. The van der Waals surface area contributed by atoms with E-state index in [9.17, 15) is 0 Å². The summed E-state index contributed by atoms with van der Waals surface area (Å²) >= 11 is 0. The molecule has 0 aliphatic heterocycles. The van der Waals surface area contributed by atoms with Crippen LogP contribution in [0.3, 0.4) is 0 Å². The topological polar surface area (TPSA) is 4.10 Å². The lowest BCUT2D eigenvalue weighted by Crippen LogP contribution is -2.21. The van der Waals surface area contributed by atoms with Crippen LogP contribution in [0.1, 0.15) is 11.1 Å². The predicted molar refractivity (Wildman–Crippen MR) is 82.0 cm³/mol. The standard InChI is InChI=1S/C19H14N/c1-2-6-15-13(4-1)7-9-16-17-10-8-14-5-3-11-20(19(14)17)12-18(15)16/h1-7,9,11-12H,8,10H2/q+1. The Kier molecular flexibility index (Phi) is 1.86. The van der Waals surface area contributed by atoms with Gasteiger partial charge < -0.3 is 0 Å². The highest BCUT2D eigenvalue weighted by molar-refractivity contribution is 6.09. The minimum atomic E-state index is 1.17. The molecule has 0 saturated heterocycles. The maximum absolute atomic E-state index is 2.31. The summed E-state index contributed by atoms with van der Waals surface area (Å²) in [6.45, 7) is 0. The minimum absolute atomic E-state index is 1.17. The van der Waals surface area contributed by atoms with Gasteiger partial charge in [0.2, 0.25) is 5.52 Å². The molecule has 1 aliphatic carbocycles. The Labute approximate surface area is 117 Å². The second kappa shape index (κ2) is 3.57. The van der Waals surface area contributed by atoms with Gasteiger partial charge in [0.05, 0.1) is 5.39 Å². The molecule has 94 valence electrons. The van der Waals surface area contributed by atoms with Crippen molar-refractivity contribution in [1.82, 2.24) is 0 Å². The van der Waals surface area contributed by atoms with E-state index >= 15 is 0 Å². The Morgan fingerprint density at radius 1 is 0.750 bits per heavy atom. The molecule has 2 aromatic heterocycles. The molecule has 0 radical (unpaired) electrons. The van der Waals surface area contributed by atoms with Crippen LogP contribution in [0.5, 0.6) is 0 Å². The highest BCUT2D eigenvalue weighted by Crippen LogP contribution is 2.32. The summed E-state index contributed by atoms with van der Waals surface area (Å²) in [6.07, 6.45) is 6.81. The van der Waals surface area contributed by atoms with E-state index in [1.165, 1.54) is 51.0 Å². The summed E-state index contributed by atoms with van der Waals surface area (Å²) in [4.78, 5) is 0. The number of nitrogens with zero attached hydrogens (tertiary/aromatic N) is 1. The summed E-state index contributed by atoms with van der Waals surface area (Å²) in [5, 5.41) is 5.47. The monoisotopic (exact) mass is 256 g/mol. The number of aromatic nitrogens is 1. The first kappa shape index (κ1) is 10.4. The van der Waals surface area contributed by atoms with Crippen molar-refractivity contribution in [2.45, 2.75) is 12.8 Å². The maximum atomic E-state index is 2.31. The molecular weight excluding hydrogens is 242 g/mol. The van der Waals surface area contributed by atoms with Gasteiger partial charge in [0.15, 0.2) is 12.4 Å². The predicted octanol–water partition coefficient (Wildman–Crippen LogP) is 3.83. The van der Waals surface area contributed by atoms with Crippen molar-refractivity contribution in [3.05, 3.63) is 72.1 Å². The fourth-order valence-corrected chi connectivity index (χ4v) is 3.71. The zero-order chi connectivity index (χ0) is 13.1. The Morgan fingerprint density at radius 2 is 1.70 bits per heavy atom. The smallest absolute Gasteiger partial charge is 0.166 e. The van der Waals surface area contributed by atoms with Crippen molar-refractivity contribution < 1.29 is 4.40 Å². The van der Waals surface area contributed by atoms with Crippen LogP contribution < -0.4 is 4.40 Å². The van der Waals surface area contributed by atoms with E-state index < -0.39 is 0 Å². The first-order valence-electron chi connectivity index (χ1n) is 7.18. The number of aryl methyl sites for hydroxylation is 2. The number of pyridine rings is 2. The summed E-state index contributed by atoms with van der Waals surface area (Å²) in [5.74, 6) is 0. The number of fused-ring (bicyclic) bond motifs is 4. The summed E-state index contributed by atoms with van der Waals surface area (Å²) in [7, 11) is 0. The number of hydrogen-bond acceptors (Lipinski definition) is 0. The number of rotatable bonds is 0. The summed E-state index contributed by atoms with van der Waals surface area (Å²) in [6, 6.07) is 17.6. The molecule has 0 N–H and O–H groups in total. The third-order valence-corrected chi connectivity index (χ3v) is 4.60. The van der Waals surface area contributed by atoms with Crippen LogP contribution in [0.2, 0.25) is 0 Å². The first-order chi connectivity index (χ1) is 9.92. The van der Waals surface area contributed by atoms with Crippen molar-refractivity contribution in [2.24, 2.45) is 0 Å². The van der Waals surface area contributed by atoms with Gasteiger partial charge in [-0.1, -0.05) is 36.4 Å². The SMILES string of the molecule is c1ccc2c(c1)ccc1c3c4c(ccc[n+]4cc12)CC3. The van der Waals surface area contributed by atoms with Crippen LogP contribution in [0.15, 0.2) is 60.9 Å². The molecule has 2 heterocycles. The van der Waals surface area contributed by atoms with Crippen molar-refractivity contribution in [3.63, 3.8) is 0 Å². The quantitative estimate of drug-likeness (QED) is 0.256. The lowest BCUT2D eigenvalue weighted by Gasteiger charge is -2.05. The van der Waals surface area contributed by atoms with E-state index in [-0.39, 0.29) is 0 Å². The Bertz CT molecular complexity index is 999. The van der Waals surface area contributed by atoms with E-state index in [2.05, 4.69) is 65.3 Å². The van der Waals surface area contributed by atoms with E-state index in [0.717, 1.165) is 0 Å². The maximum Gasteiger partial charge on any atom is 0.217 e. The van der Waals surface area contributed by atoms with Crippen LogP contribution in [0, 0.1) is 0 Å². The van der Waals surface area contributed by atoms with Gasteiger partial charge in [-0.2, -0.15) is 4.40 Å². The summed E-state index contributed by atoms with van der Waals surface area (Å²) < 4.78 is 2.31. The van der Waals surface area contributed by atoms with Gasteiger partial charge >= 0.3 is 0 Å². The lowest BCUT2D eigenvalue weighted by atomic mass is 9.99. The van der Waals surface area contributed by atoms with Crippen LogP contribution in [0.25, 0.3) is 27.1 Å². The van der Waals surface area contributed by atoms with E-state index in [1.807, 2.05) is 0 Å². The lowest BCUT2D eigenvalue weighted by molar-refractivity contribution is -0.510. The van der Waals surface area contributed by atoms with Gasteiger partial charge in [-0.15, -0.1) is 0 Å². The van der Waals surface area contributed by atoms with Crippen LogP contribution in [0.4, 0.5) is 0 Å². The summed E-state index contributed by atoms with van der Waals surface area (Å²) in [5.41, 5.74) is 4.43. The third-order valence-electron chi connectivity index (χ3n) is 4.60. The zero-order valence-corrected chi connectivity index (χ0v) is 11.1. The molecular formula is C19H14N+. The van der Waals surface area contributed by atoms with Crippen LogP contribution in [-0.2, 0) is 12.8 Å². The fraction of sp³-hybridized carbons (Fsp3) is 0.105. The second-order valence-corrected chi connectivity index (χ2v) is 5.64. The van der Waals surface area contributed by atoms with Crippen molar-refractivity contribution in [3.8, 4) is 0 Å². The van der Waals surface area contributed by atoms with Gasteiger partial charge in [0.1, 0.15) is 0 Å². The van der Waals surface area contributed by atoms with Gasteiger partial charge in [-0.3, -0.25) is 0 Å². The third kappa shape index (κ3) is 1.20. The molecule has 0 amide bonds. The average molecular weight is 256 g/mol. The molecule has 4 aromatic rings. The molecule has 0 unspecified atom stereocenters. The van der Waals surface area contributed by atoms with Crippen molar-refractivity contribution in [2.75, 3.05) is 0 Å². The molecule has 1 aliphatic rings. The molecule has 0 fully saturated rings. The van der Waals surface area contributed by atoms with Crippen LogP contribution >= 0.6 is 0 Å². The Morgan fingerprint density at radius 3 is 2.70 bits per heavy atom. The Hall–Kier alpha value is -2.41. The Balaban J connectivity index is 2.10. The highest BCUT2D eigenvalue weighted by atomic mass is 14.9. The molecule has 1 nitrogen and oxygen atoms in total. The van der Waals surface area contributed by atoms with Crippen molar-refractivity contribution >= 4 is 27.1 Å². The fourth-order valence-electron chi connectivity index (χ4n) is 3.71. The van der Waals surface area contributed by atoms with E-state index in [1.54, 1.807) is 0 Å². The average Bonchev–Trinajstić information content (AvgIpc) is 2.93. The van der Waals surface area contributed by atoms with Gasteiger partial charge in [-0.25, -0.2) is 0 Å². The molecule has 20 heavy (non-hydrogen) atoms. The van der Waals surface area contributed by atoms with Gasteiger partial charge in [0.25, 0.3) is 0 Å². The molecule has 0 atom stereocenters. The number of benzene rings is 2. The van der Waals surface area contributed by atoms with E-state index in [4.69, 9.17) is 0 Å². The molecule has 5 rings (SSSR count). The molecule has 1 heteroatoms. The highest BCUT2D eigenvalue weighted by Gasteiger charge is 2.23. The molecule has 0 saturated carbocycles. The van der Waals surface area contributed by atoms with Gasteiger partial charge in [-0.05, 0) is 35.1 Å². The zero-order valence-electron chi connectivity index (χ0n) is 11.1. The molecule has 0 spiro atoms. The van der Waals surface area contributed by atoms with Crippen molar-refractivity contribution in [1.29, 1.82) is 0 Å². The normalized spacial score (nSPS) is 13.6. The van der Waals surface area contributed by atoms with E-state index in [0.29, 0.717) is 0 Å². The van der Waals surface area contributed by atoms with Crippen LogP contribution in [-0.4, -0.2) is 0 Å². The first-order valence-corrected chi connectivity index (χ1v) is 7.18. The molecule has 0 bridgehead atoms. The van der Waals surface area contributed by atoms with Gasteiger partial charge in [0, 0.05) is 17.2 Å². The number of hydrogen-bond donors (Lipinski definition) is 0.